The minimum atomic E-state index is -0.466. The highest BCUT2D eigenvalue weighted by Crippen LogP contribution is 2.27. The Kier molecular flexibility index (Phi) is 4.40. The van der Waals surface area contributed by atoms with E-state index in [9.17, 15) is 9.59 Å². The number of fused-ring (bicyclic) bond motifs is 1. The van der Waals surface area contributed by atoms with Crippen LogP contribution in [-0.4, -0.2) is 19.0 Å². The summed E-state index contributed by atoms with van der Waals surface area (Å²) < 4.78 is 10.3. The van der Waals surface area contributed by atoms with E-state index in [1.807, 2.05) is 26.0 Å². The molecule has 0 bridgehead atoms. The smallest absolute Gasteiger partial charge is 0.340 e. The monoisotopic (exact) mass is 343 g/mol. The van der Waals surface area contributed by atoms with Crippen molar-refractivity contribution in [2.24, 2.45) is 0 Å². The third-order valence-electron chi connectivity index (χ3n) is 3.94. The van der Waals surface area contributed by atoms with E-state index in [2.05, 4.69) is 5.32 Å². The molecule has 6 heteroatoms. The van der Waals surface area contributed by atoms with Crippen LogP contribution in [-0.2, 0) is 16.0 Å². The fourth-order valence-electron chi connectivity index (χ4n) is 2.49. The number of esters is 1. The SMILES string of the molecule is COC(=O)c1ccsc1NC(=O)Cc1coc2cc(C)c(C)cc12. The predicted molar refractivity (Wildman–Crippen MR) is 93.7 cm³/mol. The van der Waals surface area contributed by atoms with Crippen LogP contribution >= 0.6 is 11.3 Å². The molecule has 0 saturated heterocycles. The molecule has 0 unspecified atom stereocenters. The van der Waals surface area contributed by atoms with Crippen molar-refractivity contribution in [1.29, 1.82) is 0 Å². The maximum Gasteiger partial charge on any atom is 0.340 e. The molecule has 3 rings (SSSR count). The second-order valence-electron chi connectivity index (χ2n) is 5.57. The molecule has 2 heterocycles. The largest absolute Gasteiger partial charge is 0.465 e. The zero-order valence-corrected chi connectivity index (χ0v) is 14.5. The first-order chi connectivity index (χ1) is 11.5. The van der Waals surface area contributed by atoms with Crippen LogP contribution in [0.4, 0.5) is 5.00 Å². The van der Waals surface area contributed by atoms with Crippen molar-refractivity contribution in [2.45, 2.75) is 20.3 Å². The average molecular weight is 343 g/mol. The highest BCUT2D eigenvalue weighted by atomic mass is 32.1. The minimum absolute atomic E-state index is 0.175. The number of benzene rings is 1. The summed E-state index contributed by atoms with van der Waals surface area (Å²) in [7, 11) is 1.31. The number of carbonyl (C=O) groups is 2. The summed E-state index contributed by atoms with van der Waals surface area (Å²) in [6.45, 7) is 4.05. The Hall–Kier alpha value is -2.60. The zero-order valence-electron chi connectivity index (χ0n) is 13.6. The van der Waals surface area contributed by atoms with Crippen LogP contribution in [0.25, 0.3) is 11.0 Å². The van der Waals surface area contributed by atoms with E-state index < -0.39 is 5.97 Å². The number of carbonyl (C=O) groups excluding carboxylic acids is 2. The lowest BCUT2D eigenvalue weighted by molar-refractivity contribution is -0.115. The molecule has 2 aromatic heterocycles. The molecule has 1 amide bonds. The number of furan rings is 1. The third kappa shape index (κ3) is 3.05. The normalized spacial score (nSPS) is 10.8. The van der Waals surface area contributed by atoms with Crippen molar-refractivity contribution >= 4 is 39.2 Å². The van der Waals surface area contributed by atoms with Gasteiger partial charge in [-0.3, -0.25) is 4.79 Å². The molecule has 5 nitrogen and oxygen atoms in total. The number of amides is 1. The Morgan fingerprint density at radius 3 is 2.75 bits per heavy atom. The first-order valence-corrected chi connectivity index (χ1v) is 8.30. The Balaban J connectivity index is 1.80. The summed E-state index contributed by atoms with van der Waals surface area (Å²) in [4.78, 5) is 24.0. The molecule has 0 aliphatic carbocycles. The molecule has 124 valence electrons. The van der Waals surface area contributed by atoms with Crippen LogP contribution in [0, 0.1) is 13.8 Å². The Morgan fingerprint density at radius 1 is 1.25 bits per heavy atom. The Morgan fingerprint density at radius 2 is 2.00 bits per heavy atom. The van der Waals surface area contributed by atoms with E-state index in [0.29, 0.717) is 10.6 Å². The summed E-state index contributed by atoms with van der Waals surface area (Å²) in [6.07, 6.45) is 1.78. The summed E-state index contributed by atoms with van der Waals surface area (Å²) >= 11 is 1.29. The lowest BCUT2D eigenvalue weighted by Gasteiger charge is -2.05. The Labute approximate surface area is 143 Å². The van der Waals surface area contributed by atoms with Crippen molar-refractivity contribution in [3.05, 3.63) is 52.1 Å². The van der Waals surface area contributed by atoms with Gasteiger partial charge >= 0.3 is 5.97 Å². The first kappa shape index (κ1) is 16.3. The molecule has 1 aromatic carbocycles. The molecule has 24 heavy (non-hydrogen) atoms. The van der Waals surface area contributed by atoms with Gasteiger partial charge < -0.3 is 14.5 Å². The summed E-state index contributed by atoms with van der Waals surface area (Å²) in [6, 6.07) is 5.63. The van der Waals surface area contributed by atoms with Gasteiger partial charge in [0, 0.05) is 10.9 Å². The molecule has 0 atom stereocenters. The van der Waals surface area contributed by atoms with Gasteiger partial charge in [-0.15, -0.1) is 11.3 Å². The number of hydrogen-bond donors (Lipinski definition) is 1. The maximum atomic E-state index is 12.3. The van der Waals surface area contributed by atoms with Crippen LogP contribution < -0.4 is 5.32 Å². The molecule has 1 N–H and O–H groups in total. The van der Waals surface area contributed by atoms with E-state index in [0.717, 1.165) is 27.7 Å². The van der Waals surface area contributed by atoms with Gasteiger partial charge in [0.15, 0.2) is 0 Å². The number of hydrogen-bond acceptors (Lipinski definition) is 5. The summed E-state index contributed by atoms with van der Waals surface area (Å²) in [5.74, 6) is -0.671. The van der Waals surface area contributed by atoms with Gasteiger partial charge in [0.1, 0.15) is 10.6 Å². The number of nitrogens with one attached hydrogen (secondary N) is 1. The van der Waals surface area contributed by atoms with Crippen LogP contribution in [0.5, 0.6) is 0 Å². The number of methoxy groups -OCH3 is 1. The second kappa shape index (κ2) is 6.49. The topological polar surface area (TPSA) is 68.5 Å². The van der Waals surface area contributed by atoms with Crippen LogP contribution in [0.2, 0.25) is 0 Å². The molecule has 0 saturated carbocycles. The number of ether oxygens (including phenoxy) is 1. The lowest BCUT2D eigenvalue weighted by atomic mass is 10.0. The van der Waals surface area contributed by atoms with E-state index >= 15 is 0 Å². The zero-order chi connectivity index (χ0) is 17.3. The van der Waals surface area contributed by atoms with E-state index in [1.54, 1.807) is 17.7 Å². The summed E-state index contributed by atoms with van der Waals surface area (Å²) in [5.41, 5.74) is 4.25. The van der Waals surface area contributed by atoms with E-state index in [-0.39, 0.29) is 12.3 Å². The minimum Gasteiger partial charge on any atom is -0.465 e. The van der Waals surface area contributed by atoms with E-state index in [4.69, 9.17) is 9.15 Å². The predicted octanol–water partition coefficient (Wildman–Crippen LogP) is 4.08. The van der Waals surface area contributed by atoms with Gasteiger partial charge in [-0.05, 0) is 48.6 Å². The number of aryl methyl sites for hydroxylation is 2. The third-order valence-corrected chi connectivity index (χ3v) is 4.77. The van der Waals surface area contributed by atoms with Crippen molar-refractivity contribution in [3.8, 4) is 0 Å². The first-order valence-electron chi connectivity index (χ1n) is 7.42. The number of thiophene rings is 1. The fourth-order valence-corrected chi connectivity index (χ4v) is 3.29. The van der Waals surface area contributed by atoms with Crippen LogP contribution in [0.15, 0.2) is 34.3 Å². The van der Waals surface area contributed by atoms with Gasteiger partial charge in [-0.1, -0.05) is 0 Å². The molecule has 0 spiro atoms. The quantitative estimate of drug-likeness (QED) is 0.725. The molecule has 0 fully saturated rings. The van der Waals surface area contributed by atoms with Gasteiger partial charge in [-0.2, -0.15) is 0 Å². The molecule has 3 aromatic rings. The fraction of sp³-hybridized carbons (Fsp3) is 0.222. The molecular weight excluding hydrogens is 326 g/mol. The number of rotatable bonds is 4. The highest BCUT2D eigenvalue weighted by Gasteiger charge is 2.17. The van der Waals surface area contributed by atoms with Crippen molar-refractivity contribution in [2.75, 3.05) is 12.4 Å². The molecular formula is C18H17NO4S. The molecule has 0 aliphatic heterocycles. The van der Waals surface area contributed by atoms with Gasteiger partial charge in [0.05, 0.1) is 25.4 Å². The highest BCUT2D eigenvalue weighted by molar-refractivity contribution is 7.14. The van der Waals surface area contributed by atoms with Gasteiger partial charge in [0.25, 0.3) is 0 Å². The van der Waals surface area contributed by atoms with Crippen molar-refractivity contribution in [3.63, 3.8) is 0 Å². The van der Waals surface area contributed by atoms with E-state index in [1.165, 1.54) is 18.4 Å². The Bertz CT molecular complexity index is 922. The second-order valence-corrected chi connectivity index (χ2v) is 6.49. The van der Waals surface area contributed by atoms with Crippen LogP contribution in [0.1, 0.15) is 27.0 Å². The summed E-state index contributed by atoms with van der Waals surface area (Å²) in [5, 5.41) is 5.94. The average Bonchev–Trinajstić information content (AvgIpc) is 3.15. The van der Waals surface area contributed by atoms with Gasteiger partial charge in [0.2, 0.25) is 5.91 Å². The van der Waals surface area contributed by atoms with Crippen molar-refractivity contribution < 1.29 is 18.7 Å². The van der Waals surface area contributed by atoms with Crippen LogP contribution in [0.3, 0.4) is 0 Å². The number of anilines is 1. The van der Waals surface area contributed by atoms with Crippen molar-refractivity contribution in [1.82, 2.24) is 0 Å². The standard InChI is InChI=1S/C18H17NO4S/c1-10-6-14-12(9-23-15(14)7-11(10)2)8-16(20)19-17-13(4-5-24-17)18(21)22-3/h4-7,9H,8H2,1-3H3,(H,19,20). The maximum absolute atomic E-state index is 12.3. The molecule has 0 radical (unpaired) electrons. The lowest BCUT2D eigenvalue weighted by Crippen LogP contribution is -2.15. The van der Waals surface area contributed by atoms with Gasteiger partial charge in [-0.25, -0.2) is 4.79 Å². The molecule has 0 aliphatic rings.